The second-order valence-corrected chi connectivity index (χ2v) is 15.5. The van der Waals surface area contributed by atoms with Crippen molar-refractivity contribution in [3.8, 4) is 11.5 Å². The Kier molecular flexibility index (Phi) is 10.5. The molecule has 4 atom stereocenters. The number of carbonyl (C=O) groups excluding carboxylic acids is 2. The van der Waals surface area contributed by atoms with Crippen LogP contribution in [0.1, 0.15) is 82.1 Å². The molecule has 4 aromatic carbocycles. The van der Waals surface area contributed by atoms with Gasteiger partial charge in [-0.15, -0.1) is 0 Å². The lowest BCUT2D eigenvalue weighted by molar-refractivity contribution is -0.129. The van der Waals surface area contributed by atoms with E-state index >= 15 is 8.78 Å². The van der Waals surface area contributed by atoms with E-state index in [1.165, 1.54) is 11.1 Å². The average Bonchev–Trinajstić information content (AvgIpc) is 3.52. The van der Waals surface area contributed by atoms with Crippen LogP contribution in [0.2, 0.25) is 0 Å². The Hall–Kier alpha value is -5.00. The fourth-order valence-corrected chi connectivity index (χ4v) is 8.99. The van der Waals surface area contributed by atoms with Crippen LogP contribution in [0.25, 0.3) is 0 Å². The number of phenolic OH excluding ortho intramolecular Hbond substituents is 1. The summed E-state index contributed by atoms with van der Waals surface area (Å²) in [6.07, 6.45) is 1.55. The zero-order valence-corrected chi connectivity index (χ0v) is 30.9. The number of aryl methyl sites for hydroxylation is 1. The second kappa shape index (κ2) is 15.6. The van der Waals surface area contributed by atoms with Crippen LogP contribution in [-0.4, -0.2) is 89.4 Å². The van der Waals surface area contributed by atoms with Gasteiger partial charge in [-0.25, -0.2) is 8.78 Å². The molecule has 3 N–H and O–H groups in total. The summed E-state index contributed by atoms with van der Waals surface area (Å²) in [4.78, 5) is 30.9. The summed E-state index contributed by atoms with van der Waals surface area (Å²) >= 11 is 0. The van der Waals surface area contributed by atoms with Gasteiger partial charge in [0.15, 0.2) is 6.61 Å². The molecule has 2 unspecified atom stereocenters. The number of carbonyl (C=O) groups is 2. The zero-order chi connectivity index (χ0) is 38.1. The molecule has 2 amide bonds. The number of benzene rings is 4. The number of alkyl halides is 2. The Morgan fingerprint density at radius 1 is 0.836 bits per heavy atom. The topological polar surface area (TPSA) is 106 Å². The van der Waals surface area contributed by atoms with E-state index in [1.807, 2.05) is 48.5 Å². The zero-order valence-electron chi connectivity index (χ0n) is 30.9. The molecule has 0 saturated carbocycles. The molecule has 4 aromatic rings. The molecule has 0 radical (unpaired) electrons. The van der Waals surface area contributed by atoms with Crippen LogP contribution in [0.3, 0.4) is 0 Å². The SMILES string of the molecule is O=C1CCC(N2Cc3cc(N4CCN(CCCC(F)(F)COc5ccc([C@@H]6c7ccc(O)cc7CC[C@@H]6c6ccccc6)cc5)CC4)ccc3C2=O)C(O)N1. The number of anilines is 1. The molecule has 8 rings (SSSR count). The Labute approximate surface area is 320 Å². The third kappa shape index (κ3) is 8.04. The van der Waals surface area contributed by atoms with Crippen molar-refractivity contribution in [1.29, 1.82) is 0 Å². The monoisotopic (exact) mass is 750 g/mol. The van der Waals surface area contributed by atoms with Crippen molar-refractivity contribution in [2.45, 2.75) is 75.1 Å². The lowest BCUT2D eigenvalue weighted by Crippen LogP contribution is -2.55. The van der Waals surface area contributed by atoms with Gasteiger partial charge in [0.2, 0.25) is 5.91 Å². The molecule has 3 aliphatic heterocycles. The predicted molar refractivity (Wildman–Crippen MR) is 206 cm³/mol. The molecule has 1 aliphatic carbocycles. The van der Waals surface area contributed by atoms with Crippen LogP contribution in [0.15, 0.2) is 91.0 Å². The van der Waals surface area contributed by atoms with Crippen molar-refractivity contribution < 1.29 is 33.3 Å². The molecule has 55 heavy (non-hydrogen) atoms. The number of aliphatic hydroxyl groups excluding tert-OH is 1. The molecule has 288 valence electrons. The number of aromatic hydroxyl groups is 1. The largest absolute Gasteiger partial charge is 0.508 e. The molecule has 2 saturated heterocycles. The molecule has 9 nitrogen and oxygen atoms in total. The van der Waals surface area contributed by atoms with Crippen molar-refractivity contribution in [1.82, 2.24) is 15.1 Å². The molecular weight excluding hydrogens is 703 g/mol. The van der Waals surface area contributed by atoms with Crippen LogP contribution in [0.4, 0.5) is 14.5 Å². The van der Waals surface area contributed by atoms with E-state index in [0.29, 0.717) is 37.2 Å². The second-order valence-electron chi connectivity index (χ2n) is 15.5. The number of amides is 2. The highest BCUT2D eigenvalue weighted by Gasteiger charge is 2.39. The summed E-state index contributed by atoms with van der Waals surface area (Å²) in [5.74, 6) is -2.29. The van der Waals surface area contributed by atoms with Gasteiger partial charge in [-0.2, -0.15) is 0 Å². The minimum atomic E-state index is -2.96. The van der Waals surface area contributed by atoms with Crippen LogP contribution in [0.5, 0.6) is 11.5 Å². The maximum absolute atomic E-state index is 15.0. The number of aliphatic hydroxyl groups is 1. The standard InChI is InChI=1S/C44H48F2N4O5/c45-44(46,28-55-35-12-7-30(8-13-35)41-36(29-5-2-1-3-6-29)14-9-31-26-34(51)11-16-37(31)41)19-4-20-48-21-23-49(24-22-48)33-10-15-38-32(25-33)27-50(43(38)54)39-17-18-40(52)47-42(39)53/h1-3,5-8,10-13,15-16,25-26,36,39,41-42,51,53H,4,9,14,17-24,27-28H2,(H,47,52)/t36-,39?,41+,42?/m1/s1. The van der Waals surface area contributed by atoms with Gasteiger partial charge in [0.1, 0.15) is 17.7 Å². The number of phenols is 1. The number of hydrogen-bond acceptors (Lipinski definition) is 7. The average molecular weight is 751 g/mol. The number of nitrogens with zero attached hydrogens (tertiary/aromatic N) is 3. The Morgan fingerprint density at radius 3 is 2.38 bits per heavy atom. The summed E-state index contributed by atoms with van der Waals surface area (Å²) in [5.41, 5.74) is 7.22. The quantitative estimate of drug-likeness (QED) is 0.163. The van der Waals surface area contributed by atoms with Crippen LogP contribution in [0, 0.1) is 0 Å². The maximum atomic E-state index is 15.0. The van der Waals surface area contributed by atoms with Crippen molar-refractivity contribution in [3.05, 3.63) is 124 Å². The van der Waals surface area contributed by atoms with E-state index in [2.05, 4.69) is 39.4 Å². The highest BCUT2D eigenvalue weighted by atomic mass is 19.3. The Balaban J connectivity index is 0.805. The number of fused-ring (bicyclic) bond motifs is 2. The van der Waals surface area contributed by atoms with Crippen LogP contribution in [-0.2, 0) is 17.8 Å². The number of ether oxygens (including phenoxy) is 1. The maximum Gasteiger partial charge on any atom is 0.281 e. The lowest BCUT2D eigenvalue weighted by Gasteiger charge is -2.36. The van der Waals surface area contributed by atoms with Crippen molar-refractivity contribution in [3.63, 3.8) is 0 Å². The smallest absolute Gasteiger partial charge is 0.281 e. The van der Waals surface area contributed by atoms with Gasteiger partial charge >= 0.3 is 0 Å². The number of piperazine rings is 1. The van der Waals surface area contributed by atoms with Gasteiger partial charge in [-0.3, -0.25) is 14.5 Å². The summed E-state index contributed by atoms with van der Waals surface area (Å²) in [5, 5.41) is 23.0. The van der Waals surface area contributed by atoms with Gasteiger partial charge < -0.3 is 30.1 Å². The van der Waals surface area contributed by atoms with E-state index in [4.69, 9.17) is 4.74 Å². The Bertz CT molecular complexity index is 2000. The predicted octanol–water partition coefficient (Wildman–Crippen LogP) is 6.42. The molecule has 0 aromatic heterocycles. The first-order chi connectivity index (χ1) is 26.6. The van der Waals surface area contributed by atoms with Gasteiger partial charge in [-0.05, 0) is 108 Å². The summed E-state index contributed by atoms with van der Waals surface area (Å²) in [7, 11) is 0. The molecular formula is C44H48F2N4O5. The van der Waals surface area contributed by atoms with E-state index in [0.717, 1.165) is 61.4 Å². The van der Waals surface area contributed by atoms with Crippen LogP contribution < -0.4 is 15.0 Å². The number of nitrogens with one attached hydrogen (secondary N) is 1. The third-order valence-corrected chi connectivity index (χ3v) is 11.9. The summed E-state index contributed by atoms with van der Waals surface area (Å²) in [6, 6.07) is 29.0. The van der Waals surface area contributed by atoms with Gasteiger partial charge in [-0.1, -0.05) is 48.5 Å². The fraction of sp³-hybridized carbons (Fsp3) is 0.409. The van der Waals surface area contributed by atoms with Crippen LogP contribution >= 0.6 is 0 Å². The third-order valence-electron chi connectivity index (χ3n) is 11.9. The van der Waals surface area contributed by atoms with E-state index in [1.54, 1.807) is 23.1 Å². The minimum Gasteiger partial charge on any atom is -0.508 e. The Morgan fingerprint density at radius 2 is 1.62 bits per heavy atom. The highest BCUT2D eigenvalue weighted by Crippen LogP contribution is 2.47. The number of halogens is 2. The number of hydrogen-bond donors (Lipinski definition) is 3. The molecule has 0 spiro atoms. The summed E-state index contributed by atoms with van der Waals surface area (Å²) in [6.45, 7) is 3.30. The van der Waals surface area contributed by atoms with Gasteiger partial charge in [0.25, 0.3) is 11.8 Å². The fourth-order valence-electron chi connectivity index (χ4n) is 8.99. The number of rotatable bonds is 11. The van der Waals surface area contributed by atoms with E-state index in [9.17, 15) is 19.8 Å². The van der Waals surface area contributed by atoms with Crippen molar-refractivity contribution >= 4 is 17.5 Å². The summed E-state index contributed by atoms with van der Waals surface area (Å²) < 4.78 is 35.7. The van der Waals surface area contributed by atoms with Gasteiger partial charge in [0.05, 0.1) is 6.04 Å². The first-order valence-corrected chi connectivity index (χ1v) is 19.5. The molecule has 2 fully saturated rings. The normalized spacial score (nSPS) is 23.0. The van der Waals surface area contributed by atoms with E-state index < -0.39 is 24.8 Å². The van der Waals surface area contributed by atoms with Crippen molar-refractivity contribution in [2.24, 2.45) is 0 Å². The first-order valence-electron chi connectivity index (χ1n) is 19.5. The van der Waals surface area contributed by atoms with Crippen molar-refractivity contribution in [2.75, 3.05) is 44.2 Å². The molecule has 4 aliphatic rings. The molecule has 11 heteroatoms. The number of piperidine rings is 1. The lowest BCUT2D eigenvalue weighted by atomic mass is 9.69. The highest BCUT2D eigenvalue weighted by molar-refractivity contribution is 5.99. The first kappa shape index (κ1) is 36.9. The molecule has 0 bridgehead atoms. The van der Waals surface area contributed by atoms with E-state index in [-0.39, 0.29) is 42.2 Å². The minimum absolute atomic E-state index is 0.0730. The molecule has 3 heterocycles. The van der Waals surface area contributed by atoms with Gasteiger partial charge in [0, 0.05) is 62.7 Å².